The molecule has 0 unspecified atom stereocenters. The summed E-state index contributed by atoms with van der Waals surface area (Å²) in [5.74, 6) is -0.0966. The molecule has 3 nitrogen and oxygen atoms in total. The summed E-state index contributed by atoms with van der Waals surface area (Å²) in [5.41, 5.74) is 1.80. The second kappa shape index (κ2) is 6.69. The molecule has 1 aliphatic rings. The van der Waals surface area contributed by atoms with E-state index in [9.17, 15) is 9.59 Å². The Balaban J connectivity index is 2.11. The second-order valence-electron chi connectivity index (χ2n) is 5.71. The Morgan fingerprint density at radius 3 is 2.50 bits per heavy atom. The van der Waals surface area contributed by atoms with Crippen molar-refractivity contribution in [1.29, 1.82) is 0 Å². The lowest BCUT2D eigenvalue weighted by atomic mass is 9.90. The van der Waals surface area contributed by atoms with Crippen LogP contribution < -0.4 is 0 Å². The number of carbonyl (C=O) groups excluding carboxylic acids is 2. The van der Waals surface area contributed by atoms with Gasteiger partial charge in [-0.05, 0) is 38.2 Å². The van der Waals surface area contributed by atoms with E-state index in [1.165, 1.54) is 12.8 Å². The van der Waals surface area contributed by atoms with Crippen LogP contribution in [0.5, 0.6) is 0 Å². The molecule has 0 atom stereocenters. The van der Waals surface area contributed by atoms with Gasteiger partial charge in [-0.2, -0.15) is 0 Å². The van der Waals surface area contributed by atoms with E-state index in [-0.39, 0.29) is 18.3 Å². The molecule has 0 heterocycles. The van der Waals surface area contributed by atoms with Crippen molar-refractivity contribution >= 4 is 11.8 Å². The van der Waals surface area contributed by atoms with Crippen molar-refractivity contribution in [1.82, 2.24) is 0 Å². The van der Waals surface area contributed by atoms with Gasteiger partial charge in [0.25, 0.3) is 0 Å². The van der Waals surface area contributed by atoms with Gasteiger partial charge in [-0.25, -0.2) is 0 Å². The van der Waals surface area contributed by atoms with Crippen molar-refractivity contribution in [2.75, 3.05) is 0 Å². The van der Waals surface area contributed by atoms with Crippen molar-refractivity contribution < 1.29 is 14.3 Å². The SMILES string of the molecule is CC(C)OC(=O)CC(=O)c1ccccc1C1CCCC1. The zero-order valence-electron chi connectivity index (χ0n) is 12.2. The molecular weight excluding hydrogens is 252 g/mol. The number of benzene rings is 1. The lowest BCUT2D eigenvalue weighted by Crippen LogP contribution is -2.17. The maximum absolute atomic E-state index is 12.3. The van der Waals surface area contributed by atoms with Gasteiger partial charge in [-0.1, -0.05) is 37.1 Å². The zero-order valence-corrected chi connectivity index (χ0v) is 12.2. The van der Waals surface area contributed by atoms with E-state index in [4.69, 9.17) is 4.74 Å². The minimum absolute atomic E-state index is 0.127. The summed E-state index contributed by atoms with van der Waals surface area (Å²) in [6.07, 6.45) is 4.38. The normalized spacial score (nSPS) is 15.6. The molecule has 0 aliphatic heterocycles. The van der Waals surface area contributed by atoms with E-state index in [2.05, 4.69) is 0 Å². The average molecular weight is 274 g/mol. The predicted molar refractivity (Wildman–Crippen MR) is 77.8 cm³/mol. The first-order chi connectivity index (χ1) is 9.58. The summed E-state index contributed by atoms with van der Waals surface area (Å²) in [6, 6.07) is 7.69. The van der Waals surface area contributed by atoms with E-state index >= 15 is 0 Å². The number of hydrogen-bond acceptors (Lipinski definition) is 3. The molecule has 0 radical (unpaired) electrons. The fraction of sp³-hybridized carbons (Fsp3) is 0.529. The molecule has 20 heavy (non-hydrogen) atoms. The van der Waals surface area contributed by atoms with Crippen LogP contribution in [0.1, 0.15) is 67.8 Å². The lowest BCUT2D eigenvalue weighted by Gasteiger charge is -2.14. The van der Waals surface area contributed by atoms with Crippen LogP contribution in [-0.4, -0.2) is 17.9 Å². The van der Waals surface area contributed by atoms with Crippen molar-refractivity contribution in [3.05, 3.63) is 35.4 Å². The number of esters is 1. The van der Waals surface area contributed by atoms with Gasteiger partial charge in [0.1, 0.15) is 6.42 Å². The first kappa shape index (κ1) is 14.8. The fourth-order valence-electron chi connectivity index (χ4n) is 2.87. The molecule has 108 valence electrons. The number of carbonyl (C=O) groups is 2. The molecule has 2 rings (SSSR count). The van der Waals surface area contributed by atoms with Gasteiger partial charge >= 0.3 is 5.97 Å². The van der Waals surface area contributed by atoms with Crippen LogP contribution in [0.2, 0.25) is 0 Å². The summed E-state index contributed by atoms with van der Waals surface area (Å²) >= 11 is 0. The minimum Gasteiger partial charge on any atom is -0.463 e. The van der Waals surface area contributed by atoms with Gasteiger partial charge in [0.2, 0.25) is 0 Å². The van der Waals surface area contributed by atoms with Gasteiger partial charge in [0.15, 0.2) is 5.78 Å². The summed E-state index contributed by atoms with van der Waals surface area (Å²) in [4.78, 5) is 23.9. The molecule has 1 aromatic carbocycles. The zero-order chi connectivity index (χ0) is 14.5. The first-order valence-electron chi connectivity index (χ1n) is 7.39. The lowest BCUT2D eigenvalue weighted by molar-refractivity contribution is -0.146. The summed E-state index contributed by atoms with van der Waals surface area (Å²) in [6.45, 7) is 3.57. The monoisotopic (exact) mass is 274 g/mol. The van der Waals surface area contributed by atoms with Crippen LogP contribution in [-0.2, 0) is 9.53 Å². The number of Topliss-reactive ketones (excluding diaryl/α,β-unsaturated/α-hetero) is 1. The van der Waals surface area contributed by atoms with Gasteiger partial charge in [-0.3, -0.25) is 9.59 Å². The second-order valence-corrected chi connectivity index (χ2v) is 5.71. The quantitative estimate of drug-likeness (QED) is 0.465. The van der Waals surface area contributed by atoms with Crippen molar-refractivity contribution in [2.24, 2.45) is 0 Å². The molecule has 0 spiro atoms. The van der Waals surface area contributed by atoms with Crippen LogP contribution in [0.3, 0.4) is 0 Å². The Labute approximate surface area is 120 Å². The van der Waals surface area contributed by atoms with Crippen LogP contribution in [0.4, 0.5) is 0 Å². The van der Waals surface area contributed by atoms with Crippen molar-refractivity contribution in [3.63, 3.8) is 0 Å². The number of rotatable bonds is 5. The molecule has 1 aliphatic carbocycles. The Morgan fingerprint density at radius 2 is 1.85 bits per heavy atom. The molecule has 0 N–H and O–H groups in total. The van der Waals surface area contributed by atoms with Crippen LogP contribution in [0.15, 0.2) is 24.3 Å². The Hall–Kier alpha value is -1.64. The smallest absolute Gasteiger partial charge is 0.313 e. The van der Waals surface area contributed by atoms with Crippen LogP contribution in [0, 0.1) is 0 Å². The number of ketones is 1. The molecule has 0 amide bonds. The molecule has 3 heteroatoms. The van der Waals surface area contributed by atoms with E-state index in [1.54, 1.807) is 13.8 Å². The van der Waals surface area contributed by atoms with Crippen molar-refractivity contribution in [2.45, 2.75) is 58.0 Å². The number of hydrogen-bond donors (Lipinski definition) is 0. The highest BCUT2D eigenvalue weighted by Gasteiger charge is 2.23. The van der Waals surface area contributed by atoms with E-state index in [1.807, 2.05) is 24.3 Å². The van der Waals surface area contributed by atoms with Gasteiger partial charge in [0.05, 0.1) is 6.10 Å². The van der Waals surface area contributed by atoms with Crippen molar-refractivity contribution in [3.8, 4) is 0 Å². The first-order valence-corrected chi connectivity index (χ1v) is 7.39. The highest BCUT2D eigenvalue weighted by Crippen LogP contribution is 2.36. The molecule has 1 fully saturated rings. The maximum Gasteiger partial charge on any atom is 0.313 e. The van der Waals surface area contributed by atoms with Gasteiger partial charge in [-0.15, -0.1) is 0 Å². The topological polar surface area (TPSA) is 43.4 Å². The Kier molecular flexibility index (Phi) is 4.94. The van der Waals surface area contributed by atoms with E-state index in [0.29, 0.717) is 11.5 Å². The maximum atomic E-state index is 12.3. The third kappa shape index (κ3) is 3.69. The largest absolute Gasteiger partial charge is 0.463 e. The molecular formula is C17H22O3. The minimum atomic E-state index is -0.439. The Bertz CT molecular complexity index is 485. The van der Waals surface area contributed by atoms with Gasteiger partial charge < -0.3 is 4.74 Å². The van der Waals surface area contributed by atoms with Gasteiger partial charge in [0, 0.05) is 5.56 Å². The summed E-state index contributed by atoms with van der Waals surface area (Å²) < 4.78 is 5.05. The summed E-state index contributed by atoms with van der Waals surface area (Å²) in [7, 11) is 0. The van der Waals surface area contributed by atoms with Crippen LogP contribution >= 0.6 is 0 Å². The van der Waals surface area contributed by atoms with E-state index < -0.39 is 5.97 Å². The molecule has 1 aromatic rings. The molecule has 0 bridgehead atoms. The third-order valence-corrected chi connectivity index (χ3v) is 3.73. The van der Waals surface area contributed by atoms with Crippen LogP contribution in [0.25, 0.3) is 0 Å². The molecule has 0 aromatic heterocycles. The highest BCUT2D eigenvalue weighted by atomic mass is 16.5. The number of ether oxygens (including phenoxy) is 1. The fourth-order valence-corrected chi connectivity index (χ4v) is 2.87. The Morgan fingerprint density at radius 1 is 1.20 bits per heavy atom. The van der Waals surface area contributed by atoms with E-state index in [0.717, 1.165) is 18.4 Å². The standard InChI is InChI=1S/C17H22O3/c1-12(2)20-17(19)11-16(18)15-10-6-5-9-14(15)13-7-3-4-8-13/h5-6,9-10,12-13H,3-4,7-8,11H2,1-2H3. The predicted octanol–water partition coefficient (Wildman–Crippen LogP) is 3.87. The highest BCUT2D eigenvalue weighted by molar-refractivity contribution is 6.06. The average Bonchev–Trinajstić information content (AvgIpc) is 2.91. The summed E-state index contributed by atoms with van der Waals surface area (Å²) in [5, 5.41) is 0. The third-order valence-electron chi connectivity index (χ3n) is 3.73. The molecule has 0 saturated heterocycles. The molecule has 1 saturated carbocycles.